The Hall–Kier alpha value is -5.33. The van der Waals surface area contributed by atoms with Gasteiger partial charge in [-0.15, -0.1) is 0 Å². The van der Waals surface area contributed by atoms with Crippen molar-refractivity contribution in [2.75, 3.05) is 38.4 Å². The van der Waals surface area contributed by atoms with Gasteiger partial charge >= 0.3 is 6.09 Å². The van der Waals surface area contributed by atoms with Crippen molar-refractivity contribution in [1.82, 2.24) is 29.7 Å². The molecular weight excluding hydrogens is 530 g/mol. The van der Waals surface area contributed by atoms with E-state index in [-0.39, 0.29) is 32.3 Å². The first kappa shape index (κ1) is 25.9. The van der Waals surface area contributed by atoms with Crippen LogP contribution in [-0.4, -0.2) is 76.0 Å². The van der Waals surface area contributed by atoms with E-state index in [1.807, 2.05) is 17.0 Å². The summed E-state index contributed by atoms with van der Waals surface area (Å²) in [5, 5.41) is 2.96. The highest BCUT2D eigenvalue weighted by Gasteiger charge is 2.37. The number of carbonyl (C=O) groups is 2. The lowest BCUT2D eigenvalue weighted by Crippen LogP contribution is -2.61. The fourth-order valence-corrected chi connectivity index (χ4v) is 4.61. The largest absolute Gasteiger partial charge is 0.497 e. The van der Waals surface area contributed by atoms with Crippen LogP contribution in [0.2, 0.25) is 0 Å². The molecule has 0 spiro atoms. The number of methoxy groups -OCH3 is 1. The van der Waals surface area contributed by atoms with E-state index < -0.39 is 12.1 Å². The second-order valence-electron chi connectivity index (χ2n) is 9.29. The van der Waals surface area contributed by atoms with Crippen molar-refractivity contribution in [2.45, 2.75) is 12.6 Å². The molecule has 41 heavy (non-hydrogen) atoms. The Morgan fingerprint density at radius 2 is 1.85 bits per heavy atom. The minimum absolute atomic E-state index is 0.167. The van der Waals surface area contributed by atoms with E-state index in [2.05, 4.69) is 20.3 Å². The number of aromatic nitrogens is 4. The molecule has 1 fully saturated rings. The third-order valence-corrected chi connectivity index (χ3v) is 6.77. The van der Waals surface area contributed by atoms with Crippen LogP contribution in [0.5, 0.6) is 23.0 Å². The number of carbonyl (C=O) groups excluding carboxylic acids is 2. The fourth-order valence-electron chi connectivity index (χ4n) is 4.61. The maximum absolute atomic E-state index is 13.6. The monoisotopic (exact) mass is 557 g/mol. The quantitative estimate of drug-likeness (QED) is 0.361. The number of imidazole rings is 1. The number of fused-ring (bicyclic) bond motifs is 1. The molecule has 210 valence electrons. The van der Waals surface area contributed by atoms with Gasteiger partial charge in [-0.05, 0) is 48.0 Å². The molecule has 2 aromatic carbocycles. The molecule has 0 aliphatic carbocycles. The number of piperazine rings is 1. The average Bonchev–Trinajstić information content (AvgIpc) is 3.73. The van der Waals surface area contributed by atoms with Crippen molar-refractivity contribution in [3.05, 3.63) is 79.0 Å². The van der Waals surface area contributed by atoms with E-state index in [9.17, 15) is 9.59 Å². The Morgan fingerprint density at radius 3 is 2.66 bits per heavy atom. The third kappa shape index (κ3) is 5.69. The van der Waals surface area contributed by atoms with Crippen LogP contribution < -0.4 is 29.2 Å². The van der Waals surface area contributed by atoms with E-state index in [0.29, 0.717) is 41.3 Å². The molecule has 4 aromatic rings. The first-order chi connectivity index (χ1) is 20.1. The highest BCUT2D eigenvalue weighted by Crippen LogP contribution is 2.32. The summed E-state index contributed by atoms with van der Waals surface area (Å²) in [4.78, 5) is 43.3. The highest BCUT2D eigenvalue weighted by atomic mass is 16.7. The minimum atomic E-state index is -0.852. The van der Waals surface area contributed by atoms with Gasteiger partial charge in [-0.1, -0.05) is 6.07 Å². The SMILES string of the molecule is COc1ccc(OC(=O)N2CCN(c3ccnc(-n4ccnc4)n3)CC2C(=O)NCc2ccc3c(c2)OCO3)cc1. The van der Waals surface area contributed by atoms with E-state index in [4.69, 9.17) is 18.9 Å². The summed E-state index contributed by atoms with van der Waals surface area (Å²) in [6.45, 7) is 1.28. The first-order valence-electron chi connectivity index (χ1n) is 12.9. The topological polar surface area (TPSA) is 133 Å². The zero-order valence-corrected chi connectivity index (χ0v) is 22.2. The van der Waals surface area contributed by atoms with E-state index in [1.54, 1.807) is 73.0 Å². The minimum Gasteiger partial charge on any atom is -0.497 e. The lowest BCUT2D eigenvalue weighted by atomic mass is 10.1. The smallest absolute Gasteiger partial charge is 0.416 e. The summed E-state index contributed by atoms with van der Waals surface area (Å²) in [5.41, 5.74) is 0.836. The Bertz CT molecular complexity index is 1530. The molecule has 2 aliphatic heterocycles. The second kappa shape index (κ2) is 11.4. The predicted octanol–water partition coefficient (Wildman–Crippen LogP) is 2.41. The van der Waals surface area contributed by atoms with Gasteiger partial charge in [0.15, 0.2) is 11.5 Å². The standard InChI is InChI=1S/C28H27N7O6/c1-38-20-3-5-21(6-4-20)41-28(37)35-13-12-33(25-8-9-30-27(32-25)34-11-10-29-17-34)16-22(35)26(36)31-15-19-2-7-23-24(14-19)40-18-39-23/h2-11,14,17,22H,12-13,15-16,18H2,1H3,(H,31,36). The van der Waals surface area contributed by atoms with Crippen LogP contribution >= 0.6 is 0 Å². The predicted molar refractivity (Wildman–Crippen MR) is 145 cm³/mol. The zero-order valence-electron chi connectivity index (χ0n) is 22.2. The van der Waals surface area contributed by atoms with Gasteiger partial charge in [0.05, 0.1) is 7.11 Å². The molecule has 1 saturated heterocycles. The summed E-state index contributed by atoms with van der Waals surface area (Å²) in [6.07, 6.45) is 6.03. The van der Waals surface area contributed by atoms with E-state index in [0.717, 1.165) is 5.56 Å². The molecule has 2 amide bonds. The van der Waals surface area contributed by atoms with Gasteiger partial charge in [0.1, 0.15) is 29.7 Å². The van der Waals surface area contributed by atoms with E-state index in [1.165, 1.54) is 4.90 Å². The fraction of sp³-hybridized carbons (Fsp3) is 0.250. The summed E-state index contributed by atoms with van der Waals surface area (Å²) >= 11 is 0. The van der Waals surface area contributed by atoms with Gasteiger partial charge in [-0.3, -0.25) is 14.3 Å². The van der Waals surface area contributed by atoms with Gasteiger partial charge in [0.2, 0.25) is 18.6 Å². The van der Waals surface area contributed by atoms with Gasteiger partial charge in [0, 0.05) is 44.8 Å². The molecule has 0 bridgehead atoms. The molecule has 13 nitrogen and oxygen atoms in total. The van der Waals surface area contributed by atoms with Crippen molar-refractivity contribution in [3.8, 4) is 28.9 Å². The van der Waals surface area contributed by atoms with Gasteiger partial charge in [-0.25, -0.2) is 14.8 Å². The number of ether oxygens (including phenoxy) is 4. The number of hydrogen-bond donors (Lipinski definition) is 1. The van der Waals surface area contributed by atoms with E-state index >= 15 is 0 Å². The summed E-state index contributed by atoms with van der Waals surface area (Å²) in [5.74, 6) is 3.02. The summed E-state index contributed by atoms with van der Waals surface area (Å²) in [7, 11) is 1.56. The van der Waals surface area contributed by atoms with Crippen molar-refractivity contribution < 1.29 is 28.5 Å². The molecule has 0 radical (unpaired) electrons. The molecule has 0 saturated carbocycles. The maximum Gasteiger partial charge on any atom is 0.416 e. The normalized spacial score (nSPS) is 15.9. The molecule has 6 rings (SSSR count). The third-order valence-electron chi connectivity index (χ3n) is 6.77. The molecule has 1 unspecified atom stereocenters. The number of anilines is 1. The summed E-state index contributed by atoms with van der Waals surface area (Å²) in [6, 6.07) is 13.1. The van der Waals surface area contributed by atoms with Crippen LogP contribution in [0.3, 0.4) is 0 Å². The van der Waals surface area contributed by atoms with Crippen LogP contribution in [0.1, 0.15) is 5.56 Å². The number of amides is 2. The van der Waals surface area contributed by atoms with Crippen LogP contribution in [0.15, 0.2) is 73.4 Å². The van der Waals surface area contributed by atoms with Crippen molar-refractivity contribution in [1.29, 1.82) is 0 Å². The Morgan fingerprint density at radius 1 is 1.02 bits per heavy atom. The molecule has 4 heterocycles. The molecule has 2 aromatic heterocycles. The van der Waals surface area contributed by atoms with Crippen LogP contribution in [-0.2, 0) is 11.3 Å². The van der Waals surface area contributed by atoms with Crippen molar-refractivity contribution in [3.63, 3.8) is 0 Å². The molecule has 1 atom stereocenters. The average molecular weight is 558 g/mol. The number of rotatable bonds is 7. The molecule has 13 heteroatoms. The first-order valence-corrected chi connectivity index (χ1v) is 12.9. The van der Waals surface area contributed by atoms with Crippen molar-refractivity contribution >= 4 is 17.8 Å². The van der Waals surface area contributed by atoms with Gasteiger partial charge < -0.3 is 29.2 Å². The molecule has 2 aliphatic rings. The summed E-state index contributed by atoms with van der Waals surface area (Å²) < 4.78 is 23.3. The Labute approximate surface area is 235 Å². The second-order valence-corrected chi connectivity index (χ2v) is 9.29. The van der Waals surface area contributed by atoms with Crippen molar-refractivity contribution in [2.24, 2.45) is 0 Å². The van der Waals surface area contributed by atoms with Crippen LogP contribution in [0.25, 0.3) is 5.95 Å². The molecular formula is C28H27N7O6. The molecule has 1 N–H and O–H groups in total. The number of benzene rings is 2. The lowest BCUT2D eigenvalue weighted by Gasteiger charge is -2.40. The highest BCUT2D eigenvalue weighted by molar-refractivity contribution is 5.87. The Balaban J connectivity index is 1.20. The van der Waals surface area contributed by atoms with Gasteiger partial charge in [0.25, 0.3) is 0 Å². The number of hydrogen-bond acceptors (Lipinski definition) is 10. The maximum atomic E-state index is 13.6. The van der Waals surface area contributed by atoms with Crippen LogP contribution in [0, 0.1) is 0 Å². The Kier molecular flexibility index (Phi) is 7.22. The zero-order chi connectivity index (χ0) is 28.2. The number of nitrogens with zero attached hydrogens (tertiary/aromatic N) is 6. The number of nitrogens with one attached hydrogen (secondary N) is 1. The van der Waals surface area contributed by atoms with Crippen LogP contribution in [0.4, 0.5) is 10.6 Å². The van der Waals surface area contributed by atoms with Gasteiger partial charge in [-0.2, -0.15) is 4.98 Å². The lowest BCUT2D eigenvalue weighted by molar-refractivity contribution is -0.126.